The highest BCUT2D eigenvalue weighted by Gasteiger charge is 2.22. The molecule has 158 valence electrons. The van der Waals surface area contributed by atoms with E-state index in [1.165, 1.54) is 6.92 Å². The largest absolute Gasteiger partial charge is 0.368 e. The summed E-state index contributed by atoms with van der Waals surface area (Å²) < 4.78 is 0. The molecular formula is C21H22Cl2N4O3. The maximum atomic E-state index is 12.5. The molecule has 0 aromatic heterocycles. The van der Waals surface area contributed by atoms with Crippen molar-refractivity contribution in [1.29, 1.82) is 0 Å². The van der Waals surface area contributed by atoms with Crippen LogP contribution >= 0.6 is 23.2 Å². The average Bonchev–Trinajstić information content (AvgIpc) is 2.74. The van der Waals surface area contributed by atoms with Gasteiger partial charge in [0.15, 0.2) is 0 Å². The highest BCUT2D eigenvalue weighted by molar-refractivity contribution is 6.42. The molecule has 1 heterocycles. The summed E-state index contributed by atoms with van der Waals surface area (Å²) >= 11 is 12.1. The van der Waals surface area contributed by atoms with E-state index in [-0.39, 0.29) is 18.4 Å². The summed E-state index contributed by atoms with van der Waals surface area (Å²) in [4.78, 5) is 40.1. The third-order valence-corrected chi connectivity index (χ3v) is 5.52. The molecule has 0 atom stereocenters. The fourth-order valence-electron chi connectivity index (χ4n) is 3.24. The van der Waals surface area contributed by atoms with Crippen LogP contribution in [0.5, 0.6) is 0 Å². The molecule has 0 unspecified atom stereocenters. The Bertz CT molecular complexity index is 959. The van der Waals surface area contributed by atoms with Crippen molar-refractivity contribution in [2.75, 3.05) is 42.9 Å². The molecule has 1 aliphatic heterocycles. The number of halogens is 2. The van der Waals surface area contributed by atoms with Gasteiger partial charge in [-0.3, -0.25) is 14.4 Å². The normalized spacial score (nSPS) is 13.7. The van der Waals surface area contributed by atoms with Gasteiger partial charge in [-0.25, -0.2) is 0 Å². The molecule has 9 heteroatoms. The number of hydrogen-bond donors (Lipinski definition) is 2. The predicted molar refractivity (Wildman–Crippen MR) is 118 cm³/mol. The molecule has 30 heavy (non-hydrogen) atoms. The number of rotatable bonds is 5. The Hall–Kier alpha value is -2.77. The first-order valence-corrected chi connectivity index (χ1v) is 10.2. The Balaban J connectivity index is 1.52. The molecule has 0 spiro atoms. The minimum Gasteiger partial charge on any atom is -0.368 e. The number of carbonyl (C=O) groups is 3. The number of para-hydroxylation sites is 1. The third-order valence-electron chi connectivity index (χ3n) is 4.78. The van der Waals surface area contributed by atoms with Gasteiger partial charge in [0.25, 0.3) is 5.91 Å². The fraction of sp³-hybridized carbons (Fsp3) is 0.286. The van der Waals surface area contributed by atoms with E-state index in [2.05, 4.69) is 15.5 Å². The zero-order valence-corrected chi connectivity index (χ0v) is 18.0. The van der Waals surface area contributed by atoms with Gasteiger partial charge in [0, 0.05) is 38.8 Å². The Morgan fingerprint density at radius 1 is 0.967 bits per heavy atom. The molecule has 0 saturated carbocycles. The van der Waals surface area contributed by atoms with Gasteiger partial charge in [0.1, 0.15) is 0 Å². The second-order valence-corrected chi connectivity index (χ2v) is 7.69. The van der Waals surface area contributed by atoms with Crippen molar-refractivity contribution in [2.45, 2.75) is 6.92 Å². The number of nitrogens with zero attached hydrogens (tertiary/aromatic N) is 2. The maximum absolute atomic E-state index is 12.5. The van der Waals surface area contributed by atoms with E-state index in [1.807, 2.05) is 12.1 Å². The van der Waals surface area contributed by atoms with Crippen molar-refractivity contribution < 1.29 is 14.4 Å². The Labute approximate surface area is 184 Å². The number of hydrogen-bond acceptors (Lipinski definition) is 4. The molecule has 1 saturated heterocycles. The molecular weight excluding hydrogens is 427 g/mol. The van der Waals surface area contributed by atoms with Gasteiger partial charge in [0.05, 0.1) is 27.8 Å². The van der Waals surface area contributed by atoms with Crippen LogP contribution < -0.4 is 15.5 Å². The van der Waals surface area contributed by atoms with Crippen LogP contribution in [0.25, 0.3) is 0 Å². The van der Waals surface area contributed by atoms with Crippen LogP contribution in [-0.2, 0) is 9.59 Å². The van der Waals surface area contributed by atoms with Crippen molar-refractivity contribution in [3.63, 3.8) is 0 Å². The number of amides is 3. The lowest BCUT2D eigenvalue weighted by atomic mass is 10.1. The van der Waals surface area contributed by atoms with Crippen LogP contribution in [0.15, 0.2) is 42.5 Å². The van der Waals surface area contributed by atoms with Gasteiger partial charge in [-0.1, -0.05) is 35.3 Å². The topological polar surface area (TPSA) is 81.8 Å². The minimum absolute atomic E-state index is 0.111. The Kier molecular flexibility index (Phi) is 7.18. The van der Waals surface area contributed by atoms with Gasteiger partial charge in [-0.15, -0.1) is 0 Å². The molecule has 0 radical (unpaired) electrons. The lowest BCUT2D eigenvalue weighted by molar-refractivity contribution is -0.130. The summed E-state index contributed by atoms with van der Waals surface area (Å²) in [5, 5.41) is 6.25. The number of piperazine rings is 1. The molecule has 0 aliphatic carbocycles. The molecule has 2 aromatic rings. The van der Waals surface area contributed by atoms with Gasteiger partial charge < -0.3 is 20.4 Å². The SMILES string of the molecule is CC(=O)Nc1ccccc1C(=O)NCC(=O)N1CCN(c2ccc(Cl)c(Cl)c2)CC1. The highest BCUT2D eigenvalue weighted by Crippen LogP contribution is 2.27. The summed E-state index contributed by atoms with van der Waals surface area (Å²) in [6.45, 7) is 3.65. The summed E-state index contributed by atoms with van der Waals surface area (Å²) in [7, 11) is 0. The lowest BCUT2D eigenvalue weighted by Crippen LogP contribution is -2.51. The first-order chi connectivity index (χ1) is 14.3. The summed E-state index contributed by atoms with van der Waals surface area (Å²) in [5.74, 6) is -0.845. The highest BCUT2D eigenvalue weighted by atomic mass is 35.5. The van der Waals surface area contributed by atoms with Crippen LogP contribution in [0.1, 0.15) is 17.3 Å². The van der Waals surface area contributed by atoms with Crippen molar-refractivity contribution in [1.82, 2.24) is 10.2 Å². The van der Waals surface area contributed by atoms with Crippen LogP contribution in [0.3, 0.4) is 0 Å². The number of nitrogens with one attached hydrogen (secondary N) is 2. The van der Waals surface area contributed by atoms with E-state index in [9.17, 15) is 14.4 Å². The molecule has 7 nitrogen and oxygen atoms in total. The van der Waals surface area contributed by atoms with Crippen molar-refractivity contribution in [3.8, 4) is 0 Å². The van der Waals surface area contributed by atoms with E-state index in [0.29, 0.717) is 47.5 Å². The molecule has 2 N–H and O–H groups in total. The van der Waals surface area contributed by atoms with Crippen LogP contribution in [0.4, 0.5) is 11.4 Å². The van der Waals surface area contributed by atoms with Crippen molar-refractivity contribution in [2.24, 2.45) is 0 Å². The average molecular weight is 449 g/mol. The third kappa shape index (κ3) is 5.43. The van der Waals surface area contributed by atoms with E-state index in [4.69, 9.17) is 23.2 Å². The van der Waals surface area contributed by atoms with Crippen LogP contribution in [0.2, 0.25) is 10.0 Å². The van der Waals surface area contributed by atoms with Gasteiger partial charge in [-0.2, -0.15) is 0 Å². The molecule has 3 rings (SSSR count). The molecule has 0 bridgehead atoms. The zero-order valence-electron chi connectivity index (χ0n) is 16.5. The summed E-state index contributed by atoms with van der Waals surface area (Å²) in [6.07, 6.45) is 0. The monoisotopic (exact) mass is 448 g/mol. The van der Waals surface area contributed by atoms with Crippen LogP contribution in [-0.4, -0.2) is 55.3 Å². The van der Waals surface area contributed by atoms with E-state index >= 15 is 0 Å². The molecule has 2 aromatic carbocycles. The molecule has 3 amide bonds. The van der Waals surface area contributed by atoms with Gasteiger partial charge in [0.2, 0.25) is 11.8 Å². The smallest absolute Gasteiger partial charge is 0.253 e. The first kappa shape index (κ1) is 21.9. The number of benzene rings is 2. The Morgan fingerprint density at radius 2 is 1.67 bits per heavy atom. The standard InChI is InChI=1S/C21H22Cl2N4O3/c1-14(28)25-19-5-3-2-4-16(19)21(30)24-13-20(29)27-10-8-26(9-11-27)15-6-7-17(22)18(23)12-15/h2-7,12H,8-11,13H2,1H3,(H,24,30)(H,25,28). The zero-order chi connectivity index (χ0) is 21.7. The summed E-state index contributed by atoms with van der Waals surface area (Å²) in [5.41, 5.74) is 1.68. The summed E-state index contributed by atoms with van der Waals surface area (Å²) in [6, 6.07) is 12.1. The maximum Gasteiger partial charge on any atom is 0.253 e. The lowest BCUT2D eigenvalue weighted by Gasteiger charge is -2.36. The van der Waals surface area contributed by atoms with Crippen molar-refractivity contribution in [3.05, 3.63) is 58.1 Å². The van der Waals surface area contributed by atoms with Crippen molar-refractivity contribution >= 4 is 52.3 Å². The second kappa shape index (κ2) is 9.82. The van der Waals surface area contributed by atoms with E-state index in [0.717, 1.165) is 5.69 Å². The molecule has 1 aliphatic rings. The minimum atomic E-state index is -0.415. The number of carbonyl (C=O) groups excluding carboxylic acids is 3. The van der Waals surface area contributed by atoms with E-state index in [1.54, 1.807) is 35.2 Å². The number of anilines is 2. The first-order valence-electron chi connectivity index (χ1n) is 9.47. The quantitative estimate of drug-likeness (QED) is 0.736. The Morgan fingerprint density at radius 3 is 2.33 bits per heavy atom. The second-order valence-electron chi connectivity index (χ2n) is 6.88. The predicted octanol–water partition coefficient (Wildman–Crippen LogP) is 3.03. The van der Waals surface area contributed by atoms with Gasteiger partial charge >= 0.3 is 0 Å². The van der Waals surface area contributed by atoms with Crippen LogP contribution in [0, 0.1) is 0 Å². The van der Waals surface area contributed by atoms with Gasteiger partial charge in [-0.05, 0) is 30.3 Å². The fourth-order valence-corrected chi connectivity index (χ4v) is 3.53. The van der Waals surface area contributed by atoms with E-state index < -0.39 is 5.91 Å². The molecule has 1 fully saturated rings.